The normalized spacial score (nSPS) is 10.6. The number of ketones is 1. The van der Waals surface area contributed by atoms with E-state index >= 15 is 0 Å². The molecule has 4 nitrogen and oxygen atoms in total. The van der Waals surface area contributed by atoms with Crippen molar-refractivity contribution in [2.24, 2.45) is 0 Å². The second-order valence-corrected chi connectivity index (χ2v) is 3.46. The Bertz CT molecular complexity index is 363. The summed E-state index contributed by atoms with van der Waals surface area (Å²) in [6.07, 6.45) is 0. The molecular formula is C11H15NO3. The summed E-state index contributed by atoms with van der Waals surface area (Å²) in [7, 11) is 1.83. The number of phenols is 2. The third-order valence-electron chi connectivity index (χ3n) is 2.24. The maximum Gasteiger partial charge on any atom is 0.180 e. The van der Waals surface area contributed by atoms with Gasteiger partial charge in [0.25, 0.3) is 0 Å². The molecule has 0 aliphatic heterocycles. The molecule has 1 aromatic rings. The largest absolute Gasteiger partial charge is 0.508 e. The minimum atomic E-state index is -0.176. The van der Waals surface area contributed by atoms with Crippen LogP contribution in [0.2, 0.25) is 0 Å². The number of hydrogen-bond donors (Lipinski definition) is 2. The summed E-state index contributed by atoms with van der Waals surface area (Å²) >= 11 is 0. The summed E-state index contributed by atoms with van der Waals surface area (Å²) in [6.45, 7) is 2.98. The van der Waals surface area contributed by atoms with E-state index in [9.17, 15) is 9.90 Å². The third kappa shape index (κ3) is 2.95. The SMILES string of the molecule is CCN(C)CC(=O)c1ccc(O)cc1O. The van der Waals surface area contributed by atoms with Crippen LogP contribution in [-0.2, 0) is 0 Å². The summed E-state index contributed by atoms with van der Waals surface area (Å²) in [5.74, 6) is -0.380. The topological polar surface area (TPSA) is 60.8 Å². The Morgan fingerprint density at radius 3 is 2.60 bits per heavy atom. The minimum Gasteiger partial charge on any atom is -0.508 e. The zero-order chi connectivity index (χ0) is 11.4. The lowest BCUT2D eigenvalue weighted by molar-refractivity contribution is 0.0946. The van der Waals surface area contributed by atoms with Crippen LogP contribution >= 0.6 is 0 Å². The third-order valence-corrected chi connectivity index (χ3v) is 2.24. The monoisotopic (exact) mass is 209 g/mol. The van der Waals surface area contributed by atoms with Gasteiger partial charge in [0.1, 0.15) is 11.5 Å². The Balaban J connectivity index is 2.82. The molecular weight excluding hydrogens is 194 g/mol. The molecule has 0 spiro atoms. The summed E-state index contributed by atoms with van der Waals surface area (Å²) in [4.78, 5) is 13.5. The molecule has 0 atom stereocenters. The number of carbonyl (C=O) groups is 1. The van der Waals surface area contributed by atoms with Crippen LogP contribution in [0.3, 0.4) is 0 Å². The molecule has 0 aromatic heterocycles. The van der Waals surface area contributed by atoms with Crippen molar-refractivity contribution in [2.45, 2.75) is 6.92 Å². The van der Waals surface area contributed by atoms with Crippen molar-refractivity contribution in [1.82, 2.24) is 4.90 Å². The Hall–Kier alpha value is -1.55. The van der Waals surface area contributed by atoms with Crippen molar-refractivity contribution in [3.8, 4) is 11.5 Å². The standard InChI is InChI=1S/C11H15NO3/c1-3-12(2)7-11(15)9-5-4-8(13)6-10(9)14/h4-6,13-14H,3,7H2,1-2H3. The number of likely N-dealkylation sites (N-methyl/N-ethyl adjacent to an activating group) is 1. The molecule has 0 saturated carbocycles. The maximum atomic E-state index is 11.7. The van der Waals surface area contributed by atoms with E-state index in [0.717, 1.165) is 6.54 Å². The number of hydrogen-bond acceptors (Lipinski definition) is 4. The van der Waals surface area contributed by atoms with Gasteiger partial charge in [0, 0.05) is 6.07 Å². The number of carbonyl (C=O) groups excluding carboxylic acids is 1. The minimum absolute atomic E-state index is 0.0482. The first-order chi connectivity index (χ1) is 7.04. The smallest absolute Gasteiger partial charge is 0.180 e. The van der Waals surface area contributed by atoms with Crippen LogP contribution < -0.4 is 0 Å². The van der Waals surface area contributed by atoms with E-state index in [4.69, 9.17) is 5.11 Å². The molecule has 0 saturated heterocycles. The molecule has 0 heterocycles. The second-order valence-electron chi connectivity index (χ2n) is 3.46. The van der Waals surface area contributed by atoms with Gasteiger partial charge in [-0.3, -0.25) is 9.69 Å². The summed E-state index contributed by atoms with van der Waals surface area (Å²) in [5.41, 5.74) is 0.244. The van der Waals surface area contributed by atoms with Gasteiger partial charge >= 0.3 is 0 Å². The lowest BCUT2D eigenvalue weighted by Crippen LogP contribution is -2.25. The van der Waals surface area contributed by atoms with Crippen molar-refractivity contribution in [3.63, 3.8) is 0 Å². The molecule has 2 N–H and O–H groups in total. The highest BCUT2D eigenvalue weighted by Gasteiger charge is 2.12. The quantitative estimate of drug-likeness (QED) is 0.732. The molecule has 1 rings (SSSR count). The lowest BCUT2D eigenvalue weighted by Gasteiger charge is -2.13. The van der Waals surface area contributed by atoms with Crippen LogP contribution in [-0.4, -0.2) is 41.0 Å². The highest BCUT2D eigenvalue weighted by molar-refractivity contribution is 6.00. The van der Waals surface area contributed by atoms with E-state index in [1.165, 1.54) is 18.2 Å². The van der Waals surface area contributed by atoms with Crippen molar-refractivity contribution in [1.29, 1.82) is 0 Å². The fraction of sp³-hybridized carbons (Fsp3) is 0.364. The van der Waals surface area contributed by atoms with E-state index in [2.05, 4.69) is 0 Å². The van der Waals surface area contributed by atoms with Crippen LogP contribution in [0.15, 0.2) is 18.2 Å². The average Bonchev–Trinajstić information content (AvgIpc) is 2.17. The Morgan fingerprint density at radius 1 is 1.40 bits per heavy atom. The van der Waals surface area contributed by atoms with Crippen molar-refractivity contribution in [3.05, 3.63) is 23.8 Å². The fourth-order valence-electron chi connectivity index (χ4n) is 1.20. The zero-order valence-electron chi connectivity index (χ0n) is 8.90. The van der Waals surface area contributed by atoms with Crippen LogP contribution in [0.5, 0.6) is 11.5 Å². The predicted molar refractivity (Wildman–Crippen MR) is 57.3 cm³/mol. The second kappa shape index (κ2) is 4.79. The summed E-state index contributed by atoms with van der Waals surface area (Å²) in [5, 5.41) is 18.5. The van der Waals surface area contributed by atoms with E-state index < -0.39 is 0 Å². The fourth-order valence-corrected chi connectivity index (χ4v) is 1.20. The van der Waals surface area contributed by atoms with E-state index in [1.54, 1.807) is 0 Å². The first kappa shape index (κ1) is 11.5. The van der Waals surface area contributed by atoms with Crippen LogP contribution in [0.4, 0.5) is 0 Å². The van der Waals surface area contributed by atoms with Crippen LogP contribution in [0, 0.1) is 0 Å². The number of benzene rings is 1. The zero-order valence-corrected chi connectivity index (χ0v) is 8.90. The van der Waals surface area contributed by atoms with Gasteiger partial charge in [0.2, 0.25) is 0 Å². The van der Waals surface area contributed by atoms with E-state index in [1.807, 2.05) is 18.9 Å². The highest BCUT2D eigenvalue weighted by Crippen LogP contribution is 2.22. The van der Waals surface area contributed by atoms with Gasteiger partial charge in [0.15, 0.2) is 5.78 Å². The number of Topliss-reactive ketones (excluding diaryl/α,β-unsaturated/α-hetero) is 1. The lowest BCUT2D eigenvalue weighted by atomic mass is 10.1. The van der Waals surface area contributed by atoms with Gasteiger partial charge in [0.05, 0.1) is 12.1 Å². The number of aromatic hydroxyl groups is 2. The predicted octanol–water partition coefficient (Wildman–Crippen LogP) is 1.23. The molecule has 82 valence electrons. The average molecular weight is 209 g/mol. The molecule has 0 aliphatic rings. The first-order valence-electron chi connectivity index (χ1n) is 4.78. The molecule has 0 amide bonds. The van der Waals surface area contributed by atoms with Gasteiger partial charge in [-0.1, -0.05) is 6.92 Å². The molecule has 0 bridgehead atoms. The van der Waals surface area contributed by atoms with Gasteiger partial charge in [-0.15, -0.1) is 0 Å². The molecule has 0 fully saturated rings. The molecule has 0 unspecified atom stereocenters. The Kier molecular flexibility index (Phi) is 3.68. The molecule has 0 radical (unpaired) electrons. The number of rotatable bonds is 4. The number of nitrogens with zero attached hydrogens (tertiary/aromatic N) is 1. The Morgan fingerprint density at radius 2 is 2.07 bits per heavy atom. The van der Waals surface area contributed by atoms with E-state index in [0.29, 0.717) is 0 Å². The number of phenolic OH excluding ortho intramolecular Hbond substituents is 2. The summed E-state index contributed by atoms with van der Waals surface area (Å²) < 4.78 is 0. The van der Waals surface area contributed by atoms with Crippen molar-refractivity contribution in [2.75, 3.05) is 20.1 Å². The van der Waals surface area contributed by atoms with Gasteiger partial charge in [-0.05, 0) is 25.7 Å². The summed E-state index contributed by atoms with van der Waals surface area (Å²) in [6, 6.07) is 3.98. The van der Waals surface area contributed by atoms with E-state index in [-0.39, 0.29) is 29.4 Å². The van der Waals surface area contributed by atoms with Gasteiger partial charge in [-0.25, -0.2) is 0 Å². The van der Waals surface area contributed by atoms with Crippen molar-refractivity contribution >= 4 is 5.78 Å². The molecule has 0 aliphatic carbocycles. The maximum absolute atomic E-state index is 11.7. The van der Waals surface area contributed by atoms with Crippen LogP contribution in [0.25, 0.3) is 0 Å². The first-order valence-corrected chi connectivity index (χ1v) is 4.78. The van der Waals surface area contributed by atoms with Gasteiger partial charge < -0.3 is 10.2 Å². The highest BCUT2D eigenvalue weighted by atomic mass is 16.3. The Labute approximate surface area is 88.8 Å². The molecule has 4 heteroatoms. The van der Waals surface area contributed by atoms with Crippen molar-refractivity contribution < 1.29 is 15.0 Å². The molecule has 15 heavy (non-hydrogen) atoms. The van der Waals surface area contributed by atoms with Gasteiger partial charge in [-0.2, -0.15) is 0 Å². The van der Waals surface area contributed by atoms with Crippen LogP contribution in [0.1, 0.15) is 17.3 Å². The molecule has 1 aromatic carbocycles.